The van der Waals surface area contributed by atoms with Crippen LogP contribution in [0.15, 0.2) is 47.1 Å². The molecule has 0 aliphatic heterocycles. The van der Waals surface area contributed by atoms with Crippen molar-refractivity contribution in [3.05, 3.63) is 48.2 Å². The van der Waals surface area contributed by atoms with E-state index in [1.165, 1.54) is 0 Å². The van der Waals surface area contributed by atoms with Gasteiger partial charge in [-0.1, -0.05) is 24.3 Å². The predicted octanol–water partition coefficient (Wildman–Crippen LogP) is 3.76. The molecule has 0 amide bonds. The average Bonchev–Trinajstić information content (AvgIpc) is 2.87. The molecule has 0 saturated heterocycles. The van der Waals surface area contributed by atoms with Crippen molar-refractivity contribution in [1.82, 2.24) is 0 Å². The SMILES string of the molecule is CCOC(=O)c1cc2ccccc2c2ccoc12. The fraction of sp³-hybridized carbons (Fsp3) is 0.133. The molecule has 0 atom stereocenters. The van der Waals surface area contributed by atoms with Gasteiger partial charge in [0.05, 0.1) is 12.9 Å². The highest BCUT2D eigenvalue weighted by Crippen LogP contribution is 2.29. The van der Waals surface area contributed by atoms with E-state index in [9.17, 15) is 4.79 Å². The molecule has 0 aliphatic rings. The molecule has 0 saturated carbocycles. The summed E-state index contributed by atoms with van der Waals surface area (Å²) in [4.78, 5) is 11.9. The molecule has 0 N–H and O–H groups in total. The van der Waals surface area contributed by atoms with E-state index in [0.717, 1.165) is 16.2 Å². The summed E-state index contributed by atoms with van der Waals surface area (Å²) in [7, 11) is 0. The Labute approximate surface area is 104 Å². The molecule has 90 valence electrons. The first-order valence-electron chi connectivity index (χ1n) is 5.87. The number of ether oxygens (including phenoxy) is 1. The molecule has 3 heteroatoms. The van der Waals surface area contributed by atoms with Crippen LogP contribution < -0.4 is 0 Å². The van der Waals surface area contributed by atoms with E-state index in [-0.39, 0.29) is 5.97 Å². The van der Waals surface area contributed by atoms with E-state index in [0.29, 0.717) is 17.8 Å². The first-order chi connectivity index (χ1) is 8.81. The first-order valence-corrected chi connectivity index (χ1v) is 5.87. The third-order valence-corrected chi connectivity index (χ3v) is 2.96. The maximum absolute atomic E-state index is 11.9. The van der Waals surface area contributed by atoms with Crippen molar-refractivity contribution in [2.75, 3.05) is 6.61 Å². The number of hydrogen-bond acceptors (Lipinski definition) is 3. The van der Waals surface area contributed by atoms with Crippen molar-refractivity contribution in [3.8, 4) is 0 Å². The number of carbonyl (C=O) groups is 1. The number of hydrogen-bond donors (Lipinski definition) is 0. The Hall–Kier alpha value is -2.29. The summed E-state index contributed by atoms with van der Waals surface area (Å²) in [5.74, 6) is -0.344. The molecule has 1 heterocycles. The minimum absolute atomic E-state index is 0.344. The lowest BCUT2D eigenvalue weighted by molar-refractivity contribution is 0.0527. The minimum Gasteiger partial charge on any atom is -0.463 e. The Bertz CT molecular complexity index is 725. The van der Waals surface area contributed by atoms with Crippen LogP contribution in [0.25, 0.3) is 21.7 Å². The Balaban J connectivity index is 2.35. The number of furan rings is 1. The molecular weight excluding hydrogens is 228 g/mol. The highest BCUT2D eigenvalue weighted by Gasteiger charge is 2.16. The highest BCUT2D eigenvalue weighted by molar-refractivity contribution is 6.14. The molecule has 0 bridgehead atoms. The van der Waals surface area contributed by atoms with Gasteiger partial charge in [0.25, 0.3) is 0 Å². The van der Waals surface area contributed by atoms with Crippen molar-refractivity contribution in [2.45, 2.75) is 6.92 Å². The largest absolute Gasteiger partial charge is 0.463 e. The van der Waals surface area contributed by atoms with Crippen LogP contribution in [0.2, 0.25) is 0 Å². The maximum Gasteiger partial charge on any atom is 0.341 e. The van der Waals surface area contributed by atoms with Crippen LogP contribution in [0.4, 0.5) is 0 Å². The molecule has 0 unspecified atom stereocenters. The van der Waals surface area contributed by atoms with Crippen molar-refractivity contribution in [1.29, 1.82) is 0 Å². The second kappa shape index (κ2) is 4.18. The molecule has 2 aromatic carbocycles. The molecule has 0 radical (unpaired) electrons. The fourth-order valence-corrected chi connectivity index (χ4v) is 2.18. The van der Waals surface area contributed by atoms with Crippen LogP contribution in [0.3, 0.4) is 0 Å². The zero-order valence-electron chi connectivity index (χ0n) is 9.97. The molecule has 0 fully saturated rings. The maximum atomic E-state index is 11.9. The van der Waals surface area contributed by atoms with Crippen molar-refractivity contribution < 1.29 is 13.9 Å². The third-order valence-electron chi connectivity index (χ3n) is 2.96. The summed E-state index contributed by atoms with van der Waals surface area (Å²) < 4.78 is 10.5. The van der Waals surface area contributed by atoms with Gasteiger partial charge < -0.3 is 9.15 Å². The van der Waals surface area contributed by atoms with Crippen LogP contribution in [0.1, 0.15) is 17.3 Å². The summed E-state index contributed by atoms with van der Waals surface area (Å²) in [6.45, 7) is 2.14. The molecule has 0 aliphatic carbocycles. The van der Waals surface area contributed by atoms with Crippen LogP contribution in [0.5, 0.6) is 0 Å². The van der Waals surface area contributed by atoms with E-state index in [2.05, 4.69) is 0 Å². The van der Waals surface area contributed by atoms with Crippen LogP contribution in [-0.4, -0.2) is 12.6 Å². The molecule has 1 aromatic heterocycles. The van der Waals surface area contributed by atoms with Gasteiger partial charge in [-0.3, -0.25) is 0 Å². The third kappa shape index (κ3) is 1.56. The van der Waals surface area contributed by atoms with Gasteiger partial charge in [-0.05, 0) is 29.8 Å². The molecule has 18 heavy (non-hydrogen) atoms. The standard InChI is InChI=1S/C15H12O3/c1-2-17-15(16)13-9-10-5-3-4-6-11(10)12-7-8-18-14(12)13/h3-9H,2H2,1H3. The monoisotopic (exact) mass is 240 g/mol. The number of rotatable bonds is 2. The van der Waals surface area contributed by atoms with Gasteiger partial charge in [-0.15, -0.1) is 0 Å². The van der Waals surface area contributed by atoms with Gasteiger partial charge in [0, 0.05) is 5.39 Å². The number of carbonyl (C=O) groups excluding carboxylic acids is 1. The Morgan fingerprint density at radius 1 is 1.22 bits per heavy atom. The zero-order chi connectivity index (χ0) is 12.5. The minimum atomic E-state index is -0.344. The second-order valence-electron chi connectivity index (χ2n) is 4.03. The van der Waals surface area contributed by atoms with Gasteiger partial charge in [0.15, 0.2) is 0 Å². The normalized spacial score (nSPS) is 10.9. The summed E-state index contributed by atoms with van der Waals surface area (Å²) in [5, 5.41) is 3.03. The van der Waals surface area contributed by atoms with Gasteiger partial charge in [0.2, 0.25) is 0 Å². The highest BCUT2D eigenvalue weighted by atomic mass is 16.5. The van der Waals surface area contributed by atoms with Crippen molar-refractivity contribution in [2.24, 2.45) is 0 Å². The lowest BCUT2D eigenvalue weighted by atomic mass is 10.0. The Kier molecular flexibility index (Phi) is 2.52. The van der Waals surface area contributed by atoms with E-state index in [4.69, 9.17) is 9.15 Å². The first kappa shape index (κ1) is 10.8. The second-order valence-corrected chi connectivity index (χ2v) is 4.03. The molecular formula is C15H12O3. The summed E-state index contributed by atoms with van der Waals surface area (Å²) in [5.41, 5.74) is 1.07. The Morgan fingerprint density at radius 3 is 2.89 bits per heavy atom. The molecule has 0 spiro atoms. The van der Waals surface area contributed by atoms with Crippen molar-refractivity contribution >= 4 is 27.7 Å². The Morgan fingerprint density at radius 2 is 2.06 bits per heavy atom. The van der Waals surface area contributed by atoms with Crippen LogP contribution >= 0.6 is 0 Å². The molecule has 3 aromatic rings. The molecule has 3 rings (SSSR count). The lowest BCUT2D eigenvalue weighted by Gasteiger charge is -2.05. The van der Waals surface area contributed by atoms with E-state index < -0.39 is 0 Å². The average molecular weight is 240 g/mol. The van der Waals surface area contributed by atoms with Gasteiger partial charge >= 0.3 is 5.97 Å². The topological polar surface area (TPSA) is 39.4 Å². The van der Waals surface area contributed by atoms with Crippen LogP contribution in [0, 0.1) is 0 Å². The predicted molar refractivity (Wildman–Crippen MR) is 69.7 cm³/mol. The smallest absolute Gasteiger partial charge is 0.341 e. The quantitative estimate of drug-likeness (QED) is 0.640. The van der Waals surface area contributed by atoms with E-state index in [1.807, 2.05) is 36.4 Å². The van der Waals surface area contributed by atoms with Gasteiger partial charge in [-0.2, -0.15) is 0 Å². The summed E-state index contributed by atoms with van der Waals surface area (Å²) in [6, 6.07) is 11.6. The fourth-order valence-electron chi connectivity index (χ4n) is 2.18. The van der Waals surface area contributed by atoms with Crippen molar-refractivity contribution in [3.63, 3.8) is 0 Å². The zero-order valence-corrected chi connectivity index (χ0v) is 9.97. The van der Waals surface area contributed by atoms with Gasteiger partial charge in [-0.25, -0.2) is 4.79 Å². The van der Waals surface area contributed by atoms with Gasteiger partial charge in [0.1, 0.15) is 11.1 Å². The lowest BCUT2D eigenvalue weighted by Crippen LogP contribution is -2.04. The summed E-state index contributed by atoms with van der Waals surface area (Å²) >= 11 is 0. The van der Waals surface area contributed by atoms with E-state index >= 15 is 0 Å². The van der Waals surface area contributed by atoms with Crippen LogP contribution in [-0.2, 0) is 4.74 Å². The number of benzene rings is 2. The number of fused-ring (bicyclic) bond motifs is 3. The van der Waals surface area contributed by atoms with E-state index in [1.54, 1.807) is 13.2 Å². The molecule has 3 nitrogen and oxygen atoms in total. The number of esters is 1. The summed E-state index contributed by atoms with van der Waals surface area (Å²) in [6.07, 6.45) is 1.60.